The van der Waals surface area contributed by atoms with Gasteiger partial charge in [0.25, 0.3) is 0 Å². The summed E-state index contributed by atoms with van der Waals surface area (Å²) in [5.74, 6) is -0.981. The van der Waals surface area contributed by atoms with Gasteiger partial charge in [-0.15, -0.1) is 0 Å². The molecule has 0 saturated carbocycles. The minimum absolute atomic E-state index is 0.0410. The number of carbonyl (C=O) groups is 2. The molecule has 0 bridgehead atoms. The van der Waals surface area contributed by atoms with Crippen molar-refractivity contribution in [1.29, 1.82) is 0 Å². The lowest BCUT2D eigenvalue weighted by Gasteiger charge is -2.34. The van der Waals surface area contributed by atoms with Crippen molar-refractivity contribution in [2.45, 2.75) is 45.3 Å². The van der Waals surface area contributed by atoms with Crippen LogP contribution in [0.25, 0.3) is 0 Å². The Morgan fingerprint density at radius 2 is 1.95 bits per heavy atom. The number of imidazole rings is 1. The van der Waals surface area contributed by atoms with Crippen molar-refractivity contribution >= 4 is 17.9 Å². The quantitative estimate of drug-likeness (QED) is 0.860. The van der Waals surface area contributed by atoms with Gasteiger partial charge < -0.3 is 25.0 Å². The molecule has 1 amide bonds. The molecule has 0 radical (unpaired) electrons. The average Bonchev–Trinajstić information content (AvgIpc) is 2.79. The third-order valence-corrected chi connectivity index (χ3v) is 3.54. The maximum Gasteiger partial charge on any atom is 0.410 e. The van der Waals surface area contributed by atoms with Crippen LogP contribution in [0.5, 0.6) is 0 Å². The molecule has 0 aliphatic carbocycles. The molecular weight excluding hydrogens is 288 g/mol. The van der Waals surface area contributed by atoms with Crippen LogP contribution in [-0.4, -0.2) is 50.3 Å². The van der Waals surface area contributed by atoms with Crippen molar-refractivity contribution in [3.05, 3.63) is 12.0 Å². The number of nitrogens with two attached hydrogens (primary N) is 1. The monoisotopic (exact) mass is 310 g/mol. The van der Waals surface area contributed by atoms with Crippen LogP contribution < -0.4 is 5.73 Å². The Labute approximate surface area is 128 Å². The maximum absolute atomic E-state index is 12.0. The van der Waals surface area contributed by atoms with Gasteiger partial charge in [-0.1, -0.05) is 0 Å². The minimum Gasteiger partial charge on any atom is -0.476 e. The van der Waals surface area contributed by atoms with Gasteiger partial charge in [0.15, 0.2) is 5.69 Å². The molecule has 0 spiro atoms. The van der Waals surface area contributed by atoms with Crippen molar-refractivity contribution in [3.8, 4) is 0 Å². The van der Waals surface area contributed by atoms with Gasteiger partial charge in [0.1, 0.15) is 11.4 Å². The number of nitrogens with zero attached hydrogens (tertiary/aromatic N) is 3. The van der Waals surface area contributed by atoms with Crippen molar-refractivity contribution in [2.75, 3.05) is 18.8 Å². The van der Waals surface area contributed by atoms with Crippen molar-refractivity contribution < 1.29 is 19.4 Å². The normalized spacial score (nSPS) is 16.6. The fraction of sp³-hybridized carbons (Fsp3) is 0.643. The molecule has 1 aliphatic rings. The second-order valence-electron chi connectivity index (χ2n) is 6.39. The SMILES string of the molecule is CC(C)(C)OC(=O)N1CCC(n2cnc(C(=O)O)c2N)CC1. The van der Waals surface area contributed by atoms with E-state index >= 15 is 0 Å². The number of hydrogen-bond donors (Lipinski definition) is 2. The van der Waals surface area contributed by atoms with Crippen molar-refractivity contribution in [2.24, 2.45) is 0 Å². The second kappa shape index (κ2) is 5.86. The van der Waals surface area contributed by atoms with E-state index in [1.165, 1.54) is 6.33 Å². The summed E-state index contributed by atoms with van der Waals surface area (Å²) < 4.78 is 7.02. The van der Waals surface area contributed by atoms with E-state index in [9.17, 15) is 9.59 Å². The minimum atomic E-state index is -1.14. The highest BCUT2D eigenvalue weighted by atomic mass is 16.6. The molecule has 1 aromatic heterocycles. The number of carboxylic acids is 1. The second-order valence-corrected chi connectivity index (χ2v) is 6.39. The third-order valence-electron chi connectivity index (χ3n) is 3.54. The average molecular weight is 310 g/mol. The third kappa shape index (κ3) is 3.49. The smallest absolute Gasteiger partial charge is 0.410 e. The molecule has 0 aromatic carbocycles. The Morgan fingerprint density at radius 1 is 1.36 bits per heavy atom. The Bertz CT molecular complexity index is 568. The van der Waals surface area contributed by atoms with Crippen LogP contribution in [0.3, 0.4) is 0 Å². The summed E-state index contributed by atoms with van der Waals surface area (Å²) in [6.07, 6.45) is 2.49. The molecule has 8 nitrogen and oxygen atoms in total. The molecule has 2 heterocycles. The summed E-state index contributed by atoms with van der Waals surface area (Å²) in [7, 11) is 0. The standard InChI is InChI=1S/C14H22N4O4/c1-14(2,3)22-13(21)17-6-4-9(5-7-17)18-8-16-10(11(18)15)12(19)20/h8-9H,4-7,15H2,1-3H3,(H,19,20). The van der Waals surface area contributed by atoms with Gasteiger partial charge >= 0.3 is 12.1 Å². The van der Waals surface area contributed by atoms with Gasteiger partial charge in [0.05, 0.1) is 6.33 Å². The van der Waals surface area contributed by atoms with Crippen LogP contribution in [0.1, 0.15) is 50.1 Å². The lowest BCUT2D eigenvalue weighted by molar-refractivity contribution is 0.0189. The largest absolute Gasteiger partial charge is 0.476 e. The summed E-state index contributed by atoms with van der Waals surface area (Å²) in [6, 6.07) is 0.0410. The molecule has 0 atom stereocenters. The molecule has 1 saturated heterocycles. The van der Waals surface area contributed by atoms with Gasteiger partial charge in [-0.05, 0) is 33.6 Å². The Kier molecular flexibility index (Phi) is 4.30. The van der Waals surface area contributed by atoms with Gasteiger partial charge in [-0.25, -0.2) is 14.6 Å². The number of carbonyl (C=O) groups excluding carboxylic acids is 1. The summed E-state index contributed by atoms with van der Waals surface area (Å²) in [5, 5.41) is 8.98. The zero-order valence-corrected chi connectivity index (χ0v) is 13.1. The number of likely N-dealkylation sites (tertiary alicyclic amines) is 1. The van der Waals surface area contributed by atoms with Crippen LogP contribution >= 0.6 is 0 Å². The van der Waals surface area contributed by atoms with E-state index in [1.54, 1.807) is 9.47 Å². The number of nitrogen functional groups attached to an aromatic ring is 1. The number of rotatable bonds is 2. The molecular formula is C14H22N4O4. The van der Waals surface area contributed by atoms with E-state index in [1.807, 2.05) is 20.8 Å². The van der Waals surface area contributed by atoms with Crippen LogP contribution in [0.4, 0.5) is 10.6 Å². The van der Waals surface area contributed by atoms with Gasteiger partial charge in [0, 0.05) is 19.1 Å². The topological polar surface area (TPSA) is 111 Å². The number of piperidine rings is 1. The van der Waals surface area contributed by atoms with Crippen LogP contribution in [0.15, 0.2) is 6.33 Å². The molecule has 1 aromatic rings. The van der Waals surface area contributed by atoms with E-state index in [4.69, 9.17) is 15.6 Å². The molecule has 1 fully saturated rings. The Hall–Kier alpha value is -2.25. The summed E-state index contributed by atoms with van der Waals surface area (Å²) in [5.41, 5.74) is 5.18. The number of amides is 1. The highest BCUT2D eigenvalue weighted by Gasteiger charge is 2.29. The molecule has 22 heavy (non-hydrogen) atoms. The van der Waals surface area contributed by atoms with Gasteiger partial charge in [-0.2, -0.15) is 0 Å². The van der Waals surface area contributed by atoms with Crippen LogP contribution in [0.2, 0.25) is 0 Å². The number of carboxylic acid groups (broad SMARTS) is 1. The summed E-state index contributed by atoms with van der Waals surface area (Å²) >= 11 is 0. The van der Waals surface area contributed by atoms with E-state index < -0.39 is 11.6 Å². The highest BCUT2D eigenvalue weighted by molar-refractivity contribution is 5.90. The van der Waals surface area contributed by atoms with E-state index in [0.717, 1.165) is 0 Å². The number of aromatic carboxylic acids is 1. The first-order valence-corrected chi connectivity index (χ1v) is 7.22. The lowest BCUT2D eigenvalue weighted by atomic mass is 10.1. The number of aromatic nitrogens is 2. The van der Waals surface area contributed by atoms with Crippen LogP contribution in [0, 0.1) is 0 Å². The zero-order chi connectivity index (χ0) is 16.5. The first-order valence-electron chi connectivity index (χ1n) is 7.22. The first-order chi connectivity index (χ1) is 10.2. The number of anilines is 1. The predicted octanol–water partition coefficient (Wildman–Crippen LogP) is 1.74. The number of ether oxygens (including phenoxy) is 1. The highest BCUT2D eigenvalue weighted by Crippen LogP contribution is 2.27. The molecule has 3 N–H and O–H groups in total. The number of hydrogen-bond acceptors (Lipinski definition) is 5. The molecule has 0 unspecified atom stereocenters. The fourth-order valence-corrected chi connectivity index (χ4v) is 2.48. The van der Waals surface area contributed by atoms with Crippen LogP contribution in [-0.2, 0) is 4.74 Å². The lowest BCUT2D eigenvalue weighted by Crippen LogP contribution is -2.42. The maximum atomic E-state index is 12.0. The first kappa shape index (κ1) is 16.1. The predicted molar refractivity (Wildman–Crippen MR) is 79.7 cm³/mol. The molecule has 122 valence electrons. The van der Waals surface area contributed by atoms with Crippen molar-refractivity contribution in [3.63, 3.8) is 0 Å². The summed E-state index contributed by atoms with van der Waals surface area (Å²) in [4.78, 5) is 28.5. The Balaban J connectivity index is 1.98. The fourth-order valence-electron chi connectivity index (χ4n) is 2.48. The van der Waals surface area contributed by atoms with Gasteiger partial charge in [-0.3, -0.25) is 0 Å². The molecule has 1 aliphatic heterocycles. The van der Waals surface area contributed by atoms with E-state index in [0.29, 0.717) is 25.9 Å². The van der Waals surface area contributed by atoms with E-state index in [-0.39, 0.29) is 23.6 Å². The van der Waals surface area contributed by atoms with Crippen molar-refractivity contribution in [1.82, 2.24) is 14.5 Å². The Morgan fingerprint density at radius 3 is 2.41 bits per heavy atom. The zero-order valence-electron chi connectivity index (χ0n) is 13.1. The molecule has 8 heteroatoms. The summed E-state index contributed by atoms with van der Waals surface area (Å²) in [6.45, 7) is 6.57. The molecule has 2 rings (SSSR count). The van der Waals surface area contributed by atoms with E-state index in [2.05, 4.69) is 4.98 Å². The van der Waals surface area contributed by atoms with Gasteiger partial charge in [0.2, 0.25) is 0 Å².